The largest absolute Gasteiger partial charge is 0.481 e. The molecule has 0 atom stereocenters. The molecule has 0 aromatic carbocycles. The third-order valence-electron chi connectivity index (χ3n) is 3.02. The first-order valence-electron chi connectivity index (χ1n) is 5.55. The molecule has 0 heterocycles. The Morgan fingerprint density at radius 2 is 1.93 bits per heavy atom. The van der Waals surface area contributed by atoms with Gasteiger partial charge in [0.05, 0.1) is 6.42 Å². The number of amides is 1. The van der Waals surface area contributed by atoms with E-state index in [1.54, 1.807) is 7.05 Å². The Kier molecular flexibility index (Phi) is 4.59. The molecular weight excluding hydrogens is 194 g/mol. The van der Waals surface area contributed by atoms with Gasteiger partial charge in [-0.3, -0.25) is 9.59 Å². The van der Waals surface area contributed by atoms with Crippen LogP contribution in [-0.2, 0) is 9.59 Å². The second-order valence-electron chi connectivity index (χ2n) is 4.31. The Bertz CT molecular complexity index is 234. The van der Waals surface area contributed by atoms with Gasteiger partial charge in [-0.05, 0) is 18.8 Å². The molecule has 4 heteroatoms. The Hall–Kier alpha value is -1.06. The molecule has 1 N–H and O–H groups in total. The first-order valence-corrected chi connectivity index (χ1v) is 5.55. The van der Waals surface area contributed by atoms with Gasteiger partial charge < -0.3 is 10.0 Å². The molecule has 0 aromatic heterocycles. The SMILES string of the molecule is CN(CCC(=O)O)C(=O)CC1CCCC1. The van der Waals surface area contributed by atoms with Gasteiger partial charge in [0.1, 0.15) is 0 Å². The van der Waals surface area contributed by atoms with Crippen LogP contribution in [0.1, 0.15) is 38.5 Å². The monoisotopic (exact) mass is 213 g/mol. The Balaban J connectivity index is 2.22. The van der Waals surface area contributed by atoms with Crippen molar-refractivity contribution in [3.05, 3.63) is 0 Å². The molecule has 0 aromatic rings. The number of carbonyl (C=O) groups excluding carboxylic acids is 1. The average Bonchev–Trinajstić information content (AvgIpc) is 2.66. The van der Waals surface area contributed by atoms with Crippen LogP contribution in [0.3, 0.4) is 0 Å². The molecule has 1 saturated carbocycles. The highest BCUT2D eigenvalue weighted by molar-refractivity contribution is 5.77. The molecule has 0 unspecified atom stereocenters. The number of rotatable bonds is 5. The summed E-state index contributed by atoms with van der Waals surface area (Å²) in [6, 6.07) is 0. The molecule has 0 aliphatic heterocycles. The molecule has 1 aliphatic carbocycles. The van der Waals surface area contributed by atoms with Crippen molar-refractivity contribution in [2.45, 2.75) is 38.5 Å². The van der Waals surface area contributed by atoms with E-state index in [2.05, 4.69) is 0 Å². The van der Waals surface area contributed by atoms with Crippen LogP contribution in [0.2, 0.25) is 0 Å². The van der Waals surface area contributed by atoms with E-state index in [1.165, 1.54) is 17.7 Å². The van der Waals surface area contributed by atoms with Crippen molar-refractivity contribution in [1.82, 2.24) is 4.90 Å². The van der Waals surface area contributed by atoms with E-state index < -0.39 is 5.97 Å². The zero-order chi connectivity index (χ0) is 11.3. The van der Waals surface area contributed by atoms with Crippen molar-refractivity contribution in [2.75, 3.05) is 13.6 Å². The highest BCUT2D eigenvalue weighted by atomic mass is 16.4. The molecule has 1 aliphatic rings. The van der Waals surface area contributed by atoms with E-state index in [0.29, 0.717) is 18.9 Å². The minimum atomic E-state index is -0.851. The fraction of sp³-hybridized carbons (Fsp3) is 0.818. The minimum absolute atomic E-state index is 0.0346. The predicted octanol–water partition coefficient (Wildman–Crippen LogP) is 1.50. The van der Waals surface area contributed by atoms with Gasteiger partial charge in [-0.25, -0.2) is 0 Å². The lowest BCUT2D eigenvalue weighted by atomic mass is 10.0. The van der Waals surface area contributed by atoms with Crippen LogP contribution in [0.25, 0.3) is 0 Å². The number of hydrogen-bond acceptors (Lipinski definition) is 2. The van der Waals surface area contributed by atoms with Gasteiger partial charge in [0.2, 0.25) is 5.91 Å². The van der Waals surface area contributed by atoms with Crippen molar-refractivity contribution in [3.8, 4) is 0 Å². The Morgan fingerprint density at radius 1 is 1.33 bits per heavy atom. The average molecular weight is 213 g/mol. The van der Waals surface area contributed by atoms with Crippen LogP contribution >= 0.6 is 0 Å². The van der Waals surface area contributed by atoms with E-state index >= 15 is 0 Å². The third kappa shape index (κ3) is 4.32. The fourth-order valence-corrected chi connectivity index (χ4v) is 2.01. The quantitative estimate of drug-likeness (QED) is 0.753. The fourth-order valence-electron chi connectivity index (χ4n) is 2.01. The first kappa shape index (κ1) is 12.0. The van der Waals surface area contributed by atoms with Crippen molar-refractivity contribution >= 4 is 11.9 Å². The summed E-state index contributed by atoms with van der Waals surface area (Å²) in [4.78, 5) is 23.5. The van der Waals surface area contributed by atoms with Crippen molar-refractivity contribution in [1.29, 1.82) is 0 Å². The normalized spacial score (nSPS) is 16.6. The first-order chi connectivity index (χ1) is 7.09. The smallest absolute Gasteiger partial charge is 0.305 e. The third-order valence-corrected chi connectivity index (χ3v) is 3.02. The molecular formula is C11H19NO3. The van der Waals surface area contributed by atoms with Gasteiger partial charge in [-0.1, -0.05) is 12.8 Å². The summed E-state index contributed by atoms with van der Waals surface area (Å²) in [5.74, 6) is -0.233. The van der Waals surface area contributed by atoms with Gasteiger partial charge in [-0.2, -0.15) is 0 Å². The van der Waals surface area contributed by atoms with E-state index in [9.17, 15) is 9.59 Å². The number of carbonyl (C=O) groups is 2. The van der Waals surface area contributed by atoms with Gasteiger partial charge in [0, 0.05) is 20.0 Å². The second-order valence-corrected chi connectivity index (χ2v) is 4.31. The van der Waals surface area contributed by atoms with Gasteiger partial charge in [-0.15, -0.1) is 0 Å². The lowest BCUT2D eigenvalue weighted by Crippen LogP contribution is -2.30. The maximum Gasteiger partial charge on any atom is 0.305 e. The van der Waals surface area contributed by atoms with Crippen LogP contribution in [-0.4, -0.2) is 35.5 Å². The van der Waals surface area contributed by atoms with Crippen LogP contribution < -0.4 is 0 Å². The second kappa shape index (κ2) is 5.73. The molecule has 15 heavy (non-hydrogen) atoms. The van der Waals surface area contributed by atoms with Crippen LogP contribution in [0, 0.1) is 5.92 Å². The van der Waals surface area contributed by atoms with E-state index in [-0.39, 0.29) is 12.3 Å². The van der Waals surface area contributed by atoms with Crippen LogP contribution in [0.15, 0.2) is 0 Å². The number of carboxylic acid groups (broad SMARTS) is 1. The maximum atomic E-state index is 11.6. The number of aliphatic carboxylic acids is 1. The van der Waals surface area contributed by atoms with Gasteiger partial charge in [0.15, 0.2) is 0 Å². The molecule has 1 amide bonds. The molecule has 0 bridgehead atoms. The van der Waals surface area contributed by atoms with Crippen molar-refractivity contribution < 1.29 is 14.7 Å². The summed E-state index contributed by atoms with van der Waals surface area (Å²) in [5.41, 5.74) is 0. The standard InChI is InChI=1S/C11H19NO3/c1-12(7-6-11(14)15)10(13)8-9-4-2-3-5-9/h9H,2-8H2,1H3,(H,14,15). The van der Waals surface area contributed by atoms with E-state index in [4.69, 9.17) is 5.11 Å². The van der Waals surface area contributed by atoms with Crippen molar-refractivity contribution in [2.24, 2.45) is 5.92 Å². The lowest BCUT2D eigenvalue weighted by Gasteiger charge is -2.18. The molecule has 1 fully saturated rings. The molecule has 86 valence electrons. The number of carboxylic acids is 1. The summed E-state index contributed by atoms with van der Waals surface area (Å²) >= 11 is 0. The molecule has 1 rings (SSSR count). The summed E-state index contributed by atoms with van der Waals surface area (Å²) in [6.45, 7) is 0.320. The molecule has 4 nitrogen and oxygen atoms in total. The highest BCUT2D eigenvalue weighted by Gasteiger charge is 2.20. The molecule has 0 spiro atoms. The summed E-state index contributed by atoms with van der Waals surface area (Å²) in [6.07, 6.45) is 5.40. The molecule has 0 radical (unpaired) electrons. The minimum Gasteiger partial charge on any atom is -0.481 e. The topological polar surface area (TPSA) is 57.6 Å². The lowest BCUT2D eigenvalue weighted by molar-refractivity contribution is -0.138. The predicted molar refractivity (Wildman–Crippen MR) is 56.5 cm³/mol. The van der Waals surface area contributed by atoms with Crippen LogP contribution in [0.4, 0.5) is 0 Å². The van der Waals surface area contributed by atoms with Crippen molar-refractivity contribution in [3.63, 3.8) is 0 Å². The van der Waals surface area contributed by atoms with E-state index in [1.807, 2.05) is 0 Å². The van der Waals surface area contributed by atoms with Crippen LogP contribution in [0.5, 0.6) is 0 Å². The summed E-state index contributed by atoms with van der Waals surface area (Å²) < 4.78 is 0. The van der Waals surface area contributed by atoms with Gasteiger partial charge >= 0.3 is 5.97 Å². The van der Waals surface area contributed by atoms with Gasteiger partial charge in [0.25, 0.3) is 0 Å². The molecule has 0 saturated heterocycles. The zero-order valence-corrected chi connectivity index (χ0v) is 9.24. The Morgan fingerprint density at radius 3 is 2.47 bits per heavy atom. The number of nitrogens with zero attached hydrogens (tertiary/aromatic N) is 1. The zero-order valence-electron chi connectivity index (χ0n) is 9.24. The Labute approximate surface area is 90.3 Å². The highest BCUT2D eigenvalue weighted by Crippen LogP contribution is 2.27. The van der Waals surface area contributed by atoms with E-state index in [0.717, 1.165) is 12.8 Å². The summed E-state index contributed by atoms with van der Waals surface area (Å²) in [7, 11) is 1.68. The number of hydrogen-bond donors (Lipinski definition) is 1. The summed E-state index contributed by atoms with van der Waals surface area (Å²) in [5, 5.41) is 8.49. The maximum absolute atomic E-state index is 11.6.